The first-order valence-corrected chi connectivity index (χ1v) is 5.28. The molecule has 0 spiro atoms. The fraction of sp³-hybridized carbons (Fsp3) is 0.143. The molecule has 2 rings (SSSR count). The van der Waals surface area contributed by atoms with Gasteiger partial charge in [-0.25, -0.2) is 4.39 Å². The van der Waals surface area contributed by atoms with Gasteiger partial charge in [-0.05, 0) is 24.2 Å². The standard InChI is InChI=1S/C14H14FN/c1-16-14(15)13-9-5-8-12(10-13)11-6-3-2-4-7-11/h2-10,14,16H,1H3. The molecule has 2 aromatic rings. The van der Waals surface area contributed by atoms with Gasteiger partial charge in [0, 0.05) is 5.56 Å². The average Bonchev–Trinajstić information content (AvgIpc) is 2.39. The Hall–Kier alpha value is -1.67. The molecule has 0 saturated heterocycles. The minimum Gasteiger partial charge on any atom is -0.287 e. The summed E-state index contributed by atoms with van der Waals surface area (Å²) in [6, 6.07) is 17.5. The second kappa shape index (κ2) is 4.90. The molecule has 0 heterocycles. The van der Waals surface area contributed by atoms with E-state index >= 15 is 0 Å². The molecule has 2 heteroatoms. The number of nitrogens with one attached hydrogen (secondary N) is 1. The molecule has 1 atom stereocenters. The first-order chi connectivity index (χ1) is 7.81. The van der Waals surface area contributed by atoms with Gasteiger partial charge in [0.2, 0.25) is 0 Å². The quantitative estimate of drug-likeness (QED) is 0.772. The van der Waals surface area contributed by atoms with Crippen LogP contribution in [0.15, 0.2) is 54.6 Å². The molecule has 0 aromatic heterocycles. The van der Waals surface area contributed by atoms with Crippen molar-refractivity contribution < 1.29 is 4.39 Å². The zero-order valence-corrected chi connectivity index (χ0v) is 9.15. The summed E-state index contributed by atoms with van der Waals surface area (Å²) in [5.41, 5.74) is 2.80. The maximum Gasteiger partial charge on any atom is 0.176 e. The van der Waals surface area contributed by atoms with Crippen molar-refractivity contribution >= 4 is 0 Å². The summed E-state index contributed by atoms with van der Waals surface area (Å²) < 4.78 is 13.4. The Morgan fingerprint density at radius 3 is 2.31 bits per heavy atom. The van der Waals surface area contributed by atoms with E-state index in [-0.39, 0.29) is 0 Å². The van der Waals surface area contributed by atoms with Gasteiger partial charge in [0.15, 0.2) is 6.30 Å². The molecule has 0 aliphatic rings. The highest BCUT2D eigenvalue weighted by Gasteiger charge is 2.07. The van der Waals surface area contributed by atoms with Crippen molar-refractivity contribution in [3.63, 3.8) is 0 Å². The topological polar surface area (TPSA) is 12.0 Å². The number of hydrogen-bond donors (Lipinski definition) is 1. The maximum absolute atomic E-state index is 13.4. The molecule has 0 saturated carbocycles. The second-order valence-corrected chi connectivity index (χ2v) is 3.64. The third kappa shape index (κ3) is 2.28. The van der Waals surface area contributed by atoms with Gasteiger partial charge in [0.25, 0.3) is 0 Å². The zero-order valence-electron chi connectivity index (χ0n) is 9.15. The molecule has 1 nitrogen and oxygen atoms in total. The molecule has 2 aromatic carbocycles. The highest BCUT2D eigenvalue weighted by Crippen LogP contribution is 2.23. The van der Waals surface area contributed by atoms with Crippen LogP contribution in [0.25, 0.3) is 11.1 Å². The van der Waals surface area contributed by atoms with Crippen LogP contribution < -0.4 is 5.32 Å². The number of benzene rings is 2. The summed E-state index contributed by atoms with van der Waals surface area (Å²) in [7, 11) is 1.61. The lowest BCUT2D eigenvalue weighted by Crippen LogP contribution is -2.10. The third-order valence-corrected chi connectivity index (χ3v) is 2.54. The summed E-state index contributed by atoms with van der Waals surface area (Å²) in [5.74, 6) is 0. The fourth-order valence-corrected chi connectivity index (χ4v) is 1.67. The van der Waals surface area contributed by atoms with E-state index in [0.717, 1.165) is 11.1 Å². The maximum atomic E-state index is 13.4. The summed E-state index contributed by atoms with van der Waals surface area (Å²) in [5, 5.41) is 2.59. The largest absolute Gasteiger partial charge is 0.287 e. The van der Waals surface area contributed by atoms with E-state index in [4.69, 9.17) is 0 Å². The Bertz CT molecular complexity index is 453. The zero-order chi connectivity index (χ0) is 11.4. The highest BCUT2D eigenvalue weighted by atomic mass is 19.1. The highest BCUT2D eigenvalue weighted by molar-refractivity contribution is 5.64. The third-order valence-electron chi connectivity index (χ3n) is 2.54. The molecule has 0 fully saturated rings. The van der Waals surface area contributed by atoms with E-state index in [2.05, 4.69) is 5.32 Å². The van der Waals surface area contributed by atoms with Gasteiger partial charge in [-0.2, -0.15) is 0 Å². The van der Waals surface area contributed by atoms with Crippen molar-refractivity contribution in [2.75, 3.05) is 7.05 Å². The molecular weight excluding hydrogens is 201 g/mol. The van der Waals surface area contributed by atoms with Crippen LogP contribution >= 0.6 is 0 Å². The summed E-state index contributed by atoms with van der Waals surface area (Å²) in [4.78, 5) is 0. The Labute approximate surface area is 94.9 Å². The normalized spacial score (nSPS) is 12.4. The first-order valence-electron chi connectivity index (χ1n) is 5.28. The van der Waals surface area contributed by atoms with Gasteiger partial charge in [0.05, 0.1) is 0 Å². The Morgan fingerprint density at radius 2 is 1.62 bits per heavy atom. The van der Waals surface area contributed by atoms with E-state index in [9.17, 15) is 4.39 Å². The molecule has 0 aliphatic carbocycles. The van der Waals surface area contributed by atoms with Crippen LogP contribution in [0.4, 0.5) is 4.39 Å². The molecule has 0 bridgehead atoms. The first kappa shape index (κ1) is 10.8. The Balaban J connectivity index is 2.36. The van der Waals surface area contributed by atoms with E-state index < -0.39 is 6.30 Å². The average molecular weight is 215 g/mol. The van der Waals surface area contributed by atoms with Gasteiger partial charge in [0.1, 0.15) is 0 Å². The number of rotatable bonds is 3. The van der Waals surface area contributed by atoms with Gasteiger partial charge in [-0.15, -0.1) is 0 Å². The van der Waals surface area contributed by atoms with Crippen LogP contribution in [0, 0.1) is 0 Å². The van der Waals surface area contributed by atoms with Crippen LogP contribution in [0.1, 0.15) is 11.9 Å². The Morgan fingerprint density at radius 1 is 0.938 bits per heavy atom. The van der Waals surface area contributed by atoms with Crippen molar-refractivity contribution in [1.29, 1.82) is 0 Å². The monoisotopic (exact) mass is 215 g/mol. The lowest BCUT2D eigenvalue weighted by molar-refractivity contribution is 0.300. The SMILES string of the molecule is CNC(F)c1cccc(-c2ccccc2)c1. The van der Waals surface area contributed by atoms with E-state index in [1.54, 1.807) is 13.1 Å². The number of halogens is 1. The molecule has 1 unspecified atom stereocenters. The number of alkyl halides is 1. The van der Waals surface area contributed by atoms with Crippen molar-refractivity contribution in [2.24, 2.45) is 0 Å². The molecule has 0 amide bonds. The summed E-state index contributed by atoms with van der Waals surface area (Å²) in [6.45, 7) is 0. The minimum absolute atomic E-state index is 0.656. The minimum atomic E-state index is -1.11. The molecule has 0 radical (unpaired) electrons. The van der Waals surface area contributed by atoms with Gasteiger partial charge in [-0.3, -0.25) is 5.32 Å². The van der Waals surface area contributed by atoms with Gasteiger partial charge >= 0.3 is 0 Å². The molecule has 16 heavy (non-hydrogen) atoms. The van der Waals surface area contributed by atoms with E-state index in [1.807, 2.05) is 48.5 Å². The van der Waals surface area contributed by atoms with Crippen LogP contribution in [-0.2, 0) is 0 Å². The van der Waals surface area contributed by atoms with E-state index in [1.165, 1.54) is 0 Å². The van der Waals surface area contributed by atoms with Gasteiger partial charge < -0.3 is 0 Å². The van der Waals surface area contributed by atoms with Crippen LogP contribution in [0.2, 0.25) is 0 Å². The molecular formula is C14H14FN. The fourth-order valence-electron chi connectivity index (χ4n) is 1.67. The predicted molar refractivity (Wildman–Crippen MR) is 64.8 cm³/mol. The number of hydrogen-bond acceptors (Lipinski definition) is 1. The van der Waals surface area contributed by atoms with Crippen molar-refractivity contribution in [3.8, 4) is 11.1 Å². The molecule has 82 valence electrons. The smallest absolute Gasteiger partial charge is 0.176 e. The summed E-state index contributed by atoms with van der Waals surface area (Å²) >= 11 is 0. The van der Waals surface area contributed by atoms with Crippen molar-refractivity contribution in [3.05, 3.63) is 60.2 Å². The lowest BCUT2D eigenvalue weighted by atomic mass is 10.0. The van der Waals surface area contributed by atoms with Crippen molar-refractivity contribution in [2.45, 2.75) is 6.30 Å². The van der Waals surface area contributed by atoms with Crippen LogP contribution in [0.5, 0.6) is 0 Å². The second-order valence-electron chi connectivity index (χ2n) is 3.64. The van der Waals surface area contributed by atoms with Crippen LogP contribution in [-0.4, -0.2) is 7.05 Å². The molecule has 1 N–H and O–H groups in total. The molecule has 0 aliphatic heterocycles. The predicted octanol–water partition coefficient (Wildman–Crippen LogP) is 3.54. The van der Waals surface area contributed by atoms with Crippen molar-refractivity contribution in [1.82, 2.24) is 5.32 Å². The van der Waals surface area contributed by atoms with Gasteiger partial charge in [-0.1, -0.05) is 48.5 Å². The van der Waals surface area contributed by atoms with Crippen LogP contribution in [0.3, 0.4) is 0 Å². The Kier molecular flexibility index (Phi) is 3.32. The van der Waals surface area contributed by atoms with E-state index in [0.29, 0.717) is 5.56 Å². The lowest BCUT2D eigenvalue weighted by Gasteiger charge is -2.09. The summed E-state index contributed by atoms with van der Waals surface area (Å²) in [6.07, 6.45) is -1.11.